The van der Waals surface area contributed by atoms with Crippen LogP contribution in [-0.4, -0.2) is 43.3 Å². The summed E-state index contributed by atoms with van der Waals surface area (Å²) in [7, 11) is -3.21. The number of nitriles is 1. The van der Waals surface area contributed by atoms with E-state index in [0.717, 1.165) is 12.8 Å². The fourth-order valence-electron chi connectivity index (χ4n) is 3.28. The number of hydrogen-bond donors (Lipinski definition) is 1. The first-order valence-corrected chi connectivity index (χ1v) is 8.64. The maximum atomic E-state index is 11.7. The summed E-state index contributed by atoms with van der Waals surface area (Å²) in [6, 6.07) is 2.12. The van der Waals surface area contributed by atoms with Crippen LogP contribution in [0.3, 0.4) is 0 Å². The van der Waals surface area contributed by atoms with E-state index in [9.17, 15) is 18.8 Å². The largest absolute Gasteiger partial charge is 0.388 e. The van der Waals surface area contributed by atoms with Crippen molar-refractivity contribution in [2.75, 3.05) is 18.1 Å². The van der Waals surface area contributed by atoms with Crippen LogP contribution < -0.4 is 0 Å². The van der Waals surface area contributed by atoms with Crippen LogP contribution in [0, 0.1) is 16.7 Å². The lowest BCUT2D eigenvalue weighted by molar-refractivity contribution is -0.146. The van der Waals surface area contributed by atoms with Crippen LogP contribution in [0.25, 0.3) is 0 Å². The molecule has 0 spiro atoms. The molecule has 0 radical (unpaired) electrons. The van der Waals surface area contributed by atoms with Crippen molar-refractivity contribution < 1.29 is 18.3 Å². The third-order valence-electron chi connectivity index (χ3n) is 4.46. The van der Waals surface area contributed by atoms with Gasteiger partial charge in [-0.2, -0.15) is 5.26 Å². The Kier molecular flexibility index (Phi) is 3.92. The van der Waals surface area contributed by atoms with Crippen molar-refractivity contribution >= 4 is 9.84 Å². The van der Waals surface area contributed by atoms with E-state index in [4.69, 9.17) is 4.74 Å². The molecule has 6 heteroatoms. The summed E-state index contributed by atoms with van der Waals surface area (Å²) >= 11 is 0. The van der Waals surface area contributed by atoms with Gasteiger partial charge in [0.25, 0.3) is 0 Å². The van der Waals surface area contributed by atoms with E-state index in [2.05, 4.69) is 6.07 Å². The van der Waals surface area contributed by atoms with E-state index in [1.54, 1.807) is 0 Å². The summed E-state index contributed by atoms with van der Waals surface area (Å²) < 4.78 is 29.0. The fraction of sp³-hybridized carbons (Fsp3) is 0.923. The van der Waals surface area contributed by atoms with Crippen molar-refractivity contribution in [1.29, 1.82) is 5.26 Å². The highest BCUT2D eigenvalue weighted by Gasteiger charge is 2.58. The number of ether oxygens (including phenoxy) is 1. The van der Waals surface area contributed by atoms with Gasteiger partial charge in [-0.05, 0) is 12.8 Å². The molecular formula is C13H21NO4S. The molecule has 2 aliphatic heterocycles. The van der Waals surface area contributed by atoms with Crippen molar-refractivity contribution in [2.24, 2.45) is 5.41 Å². The Morgan fingerprint density at radius 1 is 1.47 bits per heavy atom. The summed E-state index contributed by atoms with van der Waals surface area (Å²) in [5, 5.41) is 20.4. The highest BCUT2D eigenvalue weighted by molar-refractivity contribution is 7.91. The lowest BCUT2D eigenvalue weighted by Crippen LogP contribution is -2.54. The Morgan fingerprint density at radius 3 is 2.74 bits per heavy atom. The van der Waals surface area contributed by atoms with Gasteiger partial charge in [-0.25, -0.2) is 8.42 Å². The Labute approximate surface area is 114 Å². The standard InChI is InChI=1S/C13H21NO4S/c1-2-3-11-8-13(15,4-6-18-11)12(9-14)5-7-19(16,17)10-12/h11,15H,2-8,10H2,1H3. The van der Waals surface area contributed by atoms with Crippen LogP contribution in [0.15, 0.2) is 0 Å². The van der Waals surface area contributed by atoms with Gasteiger partial charge in [0.1, 0.15) is 5.41 Å². The minimum Gasteiger partial charge on any atom is -0.388 e. The summed E-state index contributed by atoms with van der Waals surface area (Å²) in [6.45, 7) is 2.43. The van der Waals surface area contributed by atoms with Crippen LogP contribution in [0.2, 0.25) is 0 Å². The smallest absolute Gasteiger partial charge is 0.152 e. The van der Waals surface area contributed by atoms with Gasteiger partial charge in [-0.15, -0.1) is 0 Å². The zero-order valence-corrected chi connectivity index (χ0v) is 12.1. The van der Waals surface area contributed by atoms with Gasteiger partial charge in [-0.3, -0.25) is 0 Å². The Hall–Kier alpha value is -0.640. The zero-order chi connectivity index (χ0) is 14.1. The number of rotatable bonds is 3. The Balaban J connectivity index is 2.25. The molecule has 1 N–H and O–H groups in total. The Bertz CT molecular complexity index is 481. The number of aliphatic hydroxyl groups is 1. The summed E-state index contributed by atoms with van der Waals surface area (Å²) in [6.07, 6.45) is 2.65. The highest BCUT2D eigenvalue weighted by atomic mass is 32.2. The van der Waals surface area contributed by atoms with E-state index in [0.29, 0.717) is 19.4 Å². The van der Waals surface area contributed by atoms with E-state index >= 15 is 0 Å². The van der Waals surface area contributed by atoms with Crippen LogP contribution in [0.1, 0.15) is 39.0 Å². The van der Waals surface area contributed by atoms with Crippen molar-refractivity contribution in [2.45, 2.75) is 50.7 Å². The lowest BCUT2D eigenvalue weighted by atomic mass is 9.67. The summed E-state index contributed by atoms with van der Waals surface area (Å²) in [5.74, 6) is -0.214. The second-order valence-electron chi connectivity index (χ2n) is 5.80. The molecule has 0 saturated carbocycles. The van der Waals surface area contributed by atoms with Gasteiger partial charge < -0.3 is 9.84 Å². The lowest BCUT2D eigenvalue weighted by Gasteiger charge is -2.44. The van der Waals surface area contributed by atoms with Crippen molar-refractivity contribution in [3.63, 3.8) is 0 Å². The van der Waals surface area contributed by atoms with Crippen molar-refractivity contribution in [3.8, 4) is 6.07 Å². The monoisotopic (exact) mass is 287 g/mol. The maximum Gasteiger partial charge on any atom is 0.152 e. The van der Waals surface area contributed by atoms with Gasteiger partial charge in [0, 0.05) is 19.4 Å². The topological polar surface area (TPSA) is 87.4 Å². The van der Waals surface area contributed by atoms with Gasteiger partial charge in [0.2, 0.25) is 0 Å². The molecule has 3 unspecified atom stereocenters. The zero-order valence-electron chi connectivity index (χ0n) is 11.3. The third-order valence-corrected chi connectivity index (χ3v) is 6.21. The molecule has 108 valence electrons. The summed E-state index contributed by atoms with van der Waals surface area (Å²) in [4.78, 5) is 0. The molecule has 2 aliphatic rings. The molecule has 2 fully saturated rings. The highest BCUT2D eigenvalue weighted by Crippen LogP contribution is 2.47. The first-order chi connectivity index (χ1) is 8.86. The molecule has 0 bridgehead atoms. The molecule has 0 aromatic carbocycles. The van der Waals surface area contributed by atoms with E-state index in [-0.39, 0.29) is 24.0 Å². The molecular weight excluding hydrogens is 266 g/mol. The average molecular weight is 287 g/mol. The molecule has 2 heterocycles. The second-order valence-corrected chi connectivity index (χ2v) is 7.99. The molecule has 2 saturated heterocycles. The van der Waals surface area contributed by atoms with E-state index in [1.165, 1.54) is 0 Å². The fourth-order valence-corrected chi connectivity index (χ4v) is 5.32. The minimum absolute atomic E-state index is 0.00215. The molecule has 0 aliphatic carbocycles. The SMILES string of the molecule is CCCC1CC(O)(C2(C#N)CCS(=O)(=O)C2)CCO1. The molecule has 2 rings (SSSR count). The quantitative estimate of drug-likeness (QED) is 0.837. The molecule has 19 heavy (non-hydrogen) atoms. The minimum atomic E-state index is -3.21. The maximum absolute atomic E-state index is 11.7. The van der Waals surface area contributed by atoms with Gasteiger partial charge in [0.15, 0.2) is 9.84 Å². The molecule has 0 amide bonds. The molecule has 0 aromatic rings. The first-order valence-electron chi connectivity index (χ1n) is 6.82. The second kappa shape index (κ2) is 5.04. The number of nitrogens with zero attached hydrogens (tertiary/aromatic N) is 1. The molecule has 0 aromatic heterocycles. The summed E-state index contributed by atoms with van der Waals surface area (Å²) in [5.41, 5.74) is -2.38. The predicted octanol–water partition coefficient (Wildman–Crippen LogP) is 1.03. The van der Waals surface area contributed by atoms with Crippen LogP contribution >= 0.6 is 0 Å². The molecule has 5 nitrogen and oxygen atoms in total. The number of hydrogen-bond acceptors (Lipinski definition) is 5. The number of sulfone groups is 1. The van der Waals surface area contributed by atoms with E-state index in [1.807, 2.05) is 6.92 Å². The van der Waals surface area contributed by atoms with Crippen LogP contribution in [-0.2, 0) is 14.6 Å². The van der Waals surface area contributed by atoms with E-state index < -0.39 is 20.9 Å². The van der Waals surface area contributed by atoms with Gasteiger partial charge in [0.05, 0.1) is 29.3 Å². The van der Waals surface area contributed by atoms with Gasteiger partial charge >= 0.3 is 0 Å². The third kappa shape index (κ3) is 2.64. The van der Waals surface area contributed by atoms with Gasteiger partial charge in [-0.1, -0.05) is 13.3 Å². The Morgan fingerprint density at radius 2 is 2.21 bits per heavy atom. The van der Waals surface area contributed by atoms with Crippen molar-refractivity contribution in [3.05, 3.63) is 0 Å². The molecule has 3 atom stereocenters. The van der Waals surface area contributed by atoms with Crippen LogP contribution in [0.5, 0.6) is 0 Å². The van der Waals surface area contributed by atoms with Crippen molar-refractivity contribution in [1.82, 2.24) is 0 Å². The predicted molar refractivity (Wildman–Crippen MR) is 70.1 cm³/mol. The first kappa shape index (κ1) is 14.8. The average Bonchev–Trinajstić information content (AvgIpc) is 2.67. The normalized spacial score (nSPS) is 41.8. The van der Waals surface area contributed by atoms with Crippen LogP contribution in [0.4, 0.5) is 0 Å².